The molecule has 0 unspecified atom stereocenters. The number of aliphatic imine (C=N–C) groups is 1. The number of nitrogens with two attached hydrogens (primary N) is 1. The second kappa shape index (κ2) is 13.8. The Morgan fingerprint density at radius 1 is 1.13 bits per heavy atom. The number of carbonyl (C=O) groups is 2. The van der Waals surface area contributed by atoms with Gasteiger partial charge in [-0.25, -0.2) is 41.7 Å². The number of ether oxygens (including phenoxy) is 1. The number of alkyl halides is 5. The zero-order chi connectivity index (χ0) is 37.7. The fourth-order valence-corrected chi connectivity index (χ4v) is 6.34. The van der Waals surface area contributed by atoms with Crippen molar-refractivity contribution in [3.8, 4) is 16.8 Å². The SMILES string of the molecule is CC(C)(C)C[C@]1(c2ccc(-c3cnn(C(F)F)c3)cc2F)N=C(N)N([C@H](COC(=O)N[C@@H]2C[C@@H]2F)c2ccc(Cl)c(-n3ncnc3C(F)F)c2)C1=O. The summed E-state index contributed by atoms with van der Waals surface area (Å²) in [5, 5.41) is 9.80. The second-order valence-corrected chi connectivity index (χ2v) is 14.0. The van der Waals surface area contributed by atoms with Crippen LogP contribution in [0.2, 0.25) is 5.02 Å². The van der Waals surface area contributed by atoms with Crippen molar-refractivity contribution in [2.75, 3.05) is 6.61 Å². The lowest BCUT2D eigenvalue weighted by molar-refractivity contribution is -0.135. The lowest BCUT2D eigenvalue weighted by Gasteiger charge is -2.35. The topological polar surface area (TPSA) is 146 Å². The average Bonchev–Trinajstić information content (AvgIpc) is 3.45. The molecule has 2 aromatic carbocycles. The first-order valence-corrected chi connectivity index (χ1v) is 16.2. The highest BCUT2D eigenvalue weighted by Gasteiger charge is 2.54. The van der Waals surface area contributed by atoms with Gasteiger partial charge in [-0.3, -0.25) is 9.69 Å². The van der Waals surface area contributed by atoms with E-state index >= 15 is 4.39 Å². The fourth-order valence-electron chi connectivity index (χ4n) is 6.14. The monoisotopic (exact) mass is 751 g/mol. The molecule has 2 aliphatic rings. The molecule has 2 amide bonds. The minimum atomic E-state index is -3.03. The number of carbonyl (C=O) groups excluding carboxylic acids is 2. The third-order valence-electron chi connectivity index (χ3n) is 8.51. The van der Waals surface area contributed by atoms with Crippen molar-refractivity contribution in [3.05, 3.63) is 82.9 Å². The Labute approximate surface area is 297 Å². The van der Waals surface area contributed by atoms with Crippen molar-refractivity contribution in [1.82, 2.24) is 34.8 Å². The minimum Gasteiger partial charge on any atom is -0.447 e. The van der Waals surface area contributed by atoms with Gasteiger partial charge in [-0.1, -0.05) is 50.6 Å². The van der Waals surface area contributed by atoms with Crippen LogP contribution in [0, 0.1) is 11.2 Å². The zero-order valence-electron chi connectivity index (χ0n) is 27.8. The van der Waals surface area contributed by atoms with Gasteiger partial charge in [0.2, 0.25) is 0 Å². The molecule has 0 saturated heterocycles. The van der Waals surface area contributed by atoms with Crippen molar-refractivity contribution in [2.24, 2.45) is 16.1 Å². The molecule has 2 aromatic heterocycles. The van der Waals surface area contributed by atoms with Crippen molar-refractivity contribution in [1.29, 1.82) is 0 Å². The normalized spacial score (nSPS) is 20.8. The Kier molecular flexibility index (Phi) is 9.71. The predicted molar refractivity (Wildman–Crippen MR) is 175 cm³/mol. The molecule has 52 heavy (non-hydrogen) atoms. The Balaban J connectivity index is 1.42. The zero-order valence-corrected chi connectivity index (χ0v) is 28.5. The number of alkyl carbamates (subject to hydrolysis) is 1. The maximum absolute atomic E-state index is 16.2. The lowest BCUT2D eigenvalue weighted by Crippen LogP contribution is -2.48. The van der Waals surface area contributed by atoms with Gasteiger partial charge in [0, 0.05) is 23.7 Å². The third kappa shape index (κ3) is 7.15. The van der Waals surface area contributed by atoms with Crippen LogP contribution in [0.25, 0.3) is 16.8 Å². The van der Waals surface area contributed by atoms with Gasteiger partial charge in [-0.05, 0) is 41.2 Å². The van der Waals surface area contributed by atoms with E-state index in [0.29, 0.717) is 4.68 Å². The summed E-state index contributed by atoms with van der Waals surface area (Å²) < 4.78 is 90.3. The molecule has 0 spiro atoms. The van der Waals surface area contributed by atoms with E-state index in [2.05, 4.69) is 25.5 Å². The van der Waals surface area contributed by atoms with Crippen LogP contribution >= 0.6 is 11.6 Å². The first-order chi connectivity index (χ1) is 24.5. The second-order valence-electron chi connectivity index (χ2n) is 13.6. The molecule has 1 saturated carbocycles. The summed E-state index contributed by atoms with van der Waals surface area (Å²) in [5.41, 5.74) is 4.16. The van der Waals surface area contributed by atoms with Gasteiger partial charge in [0.15, 0.2) is 17.3 Å². The number of benzene rings is 2. The molecule has 0 bridgehead atoms. The van der Waals surface area contributed by atoms with Crippen LogP contribution in [0.1, 0.15) is 69.6 Å². The summed E-state index contributed by atoms with van der Waals surface area (Å²) >= 11 is 6.40. The third-order valence-corrected chi connectivity index (χ3v) is 8.83. The van der Waals surface area contributed by atoms with Crippen molar-refractivity contribution < 1.29 is 40.7 Å². The Hall–Kier alpha value is -5.13. The van der Waals surface area contributed by atoms with Gasteiger partial charge in [0.05, 0.1) is 29.0 Å². The van der Waals surface area contributed by atoms with E-state index < -0.39 is 72.4 Å². The number of nitrogens with one attached hydrogen (secondary N) is 1. The van der Waals surface area contributed by atoms with Crippen molar-refractivity contribution in [3.63, 3.8) is 0 Å². The largest absolute Gasteiger partial charge is 0.447 e. The molecular formula is C33H32ClF6N9O3. The quantitative estimate of drug-likeness (QED) is 0.164. The van der Waals surface area contributed by atoms with Crippen LogP contribution in [-0.2, 0) is 15.1 Å². The number of amides is 2. The predicted octanol–water partition coefficient (Wildman–Crippen LogP) is 6.62. The van der Waals surface area contributed by atoms with Gasteiger partial charge in [-0.15, -0.1) is 0 Å². The molecule has 19 heteroatoms. The lowest BCUT2D eigenvalue weighted by atomic mass is 9.75. The summed E-state index contributed by atoms with van der Waals surface area (Å²) in [4.78, 5) is 36.6. The average molecular weight is 752 g/mol. The molecule has 6 rings (SSSR count). The van der Waals surface area contributed by atoms with Crippen molar-refractivity contribution >= 4 is 29.6 Å². The van der Waals surface area contributed by atoms with Crippen LogP contribution < -0.4 is 11.1 Å². The van der Waals surface area contributed by atoms with Gasteiger partial charge in [0.25, 0.3) is 12.3 Å². The van der Waals surface area contributed by atoms with Gasteiger partial charge in [0.1, 0.15) is 24.9 Å². The minimum absolute atomic E-state index is 0.0194. The summed E-state index contributed by atoms with van der Waals surface area (Å²) in [5.74, 6) is -2.82. The number of hydrogen-bond acceptors (Lipinski definition) is 8. The summed E-state index contributed by atoms with van der Waals surface area (Å²) in [6.07, 6.45) is -2.15. The molecule has 1 aliphatic heterocycles. The summed E-state index contributed by atoms with van der Waals surface area (Å²) in [6, 6.07) is 5.87. The maximum Gasteiger partial charge on any atom is 0.407 e. The molecule has 276 valence electrons. The van der Waals surface area contributed by atoms with Crippen LogP contribution in [0.15, 0.2) is 60.1 Å². The number of guanidine groups is 1. The highest BCUT2D eigenvalue weighted by molar-refractivity contribution is 6.32. The van der Waals surface area contributed by atoms with Gasteiger partial charge < -0.3 is 15.8 Å². The Bertz CT molecular complexity index is 2030. The smallest absolute Gasteiger partial charge is 0.407 e. The number of aromatic nitrogens is 5. The molecule has 12 nitrogen and oxygen atoms in total. The fraction of sp³-hybridized carbons (Fsp3) is 0.394. The number of rotatable bonds is 11. The highest BCUT2D eigenvalue weighted by Crippen LogP contribution is 2.46. The van der Waals surface area contributed by atoms with Gasteiger partial charge in [-0.2, -0.15) is 19.0 Å². The first-order valence-electron chi connectivity index (χ1n) is 15.9. The Morgan fingerprint density at radius 2 is 1.87 bits per heavy atom. The molecule has 4 aromatic rings. The van der Waals surface area contributed by atoms with E-state index in [1.165, 1.54) is 30.3 Å². The number of nitrogens with zero attached hydrogens (tertiary/aromatic N) is 7. The summed E-state index contributed by atoms with van der Waals surface area (Å²) in [7, 11) is 0. The number of halogens is 7. The molecule has 3 N–H and O–H groups in total. The van der Waals surface area contributed by atoms with Crippen LogP contribution in [0.3, 0.4) is 0 Å². The van der Waals surface area contributed by atoms with E-state index in [-0.39, 0.29) is 51.8 Å². The van der Waals surface area contributed by atoms with E-state index in [4.69, 9.17) is 22.1 Å². The van der Waals surface area contributed by atoms with Crippen LogP contribution in [0.4, 0.5) is 31.1 Å². The standard InChI is InChI=1S/C33H32ClF6N9O3/c1-32(2,3)14-33(19-6-4-16(8-21(19)35)18-11-43-47(12-18)29(39)40)28(50)48(30(41)46-33)25(13-52-31(51)45-23-10-22(23)36)17-5-7-20(34)24(9-17)49-27(26(37)38)42-15-44-49/h4-9,11-12,15,22-23,25-26,29H,10,13-14H2,1-3H3,(H2,41,46)(H,45,51)/t22-,23+,25+,33+/m0/s1. The van der Waals surface area contributed by atoms with E-state index in [1.807, 2.05) is 0 Å². The maximum atomic E-state index is 16.2. The summed E-state index contributed by atoms with van der Waals surface area (Å²) in [6.45, 7) is 1.88. The van der Waals surface area contributed by atoms with E-state index in [9.17, 15) is 31.5 Å². The number of hydrogen-bond donors (Lipinski definition) is 2. The van der Waals surface area contributed by atoms with Crippen LogP contribution in [-0.4, -0.2) is 66.2 Å². The Morgan fingerprint density at radius 3 is 2.48 bits per heavy atom. The van der Waals surface area contributed by atoms with Gasteiger partial charge >= 0.3 is 12.6 Å². The highest BCUT2D eigenvalue weighted by atomic mass is 35.5. The first kappa shape index (κ1) is 36.7. The molecule has 0 radical (unpaired) electrons. The van der Waals surface area contributed by atoms with E-state index in [0.717, 1.165) is 34.4 Å². The molecular weight excluding hydrogens is 720 g/mol. The van der Waals surface area contributed by atoms with E-state index in [1.54, 1.807) is 20.8 Å². The molecule has 1 aliphatic carbocycles. The molecule has 4 atom stereocenters. The van der Waals surface area contributed by atoms with Crippen LogP contribution in [0.5, 0.6) is 0 Å². The molecule has 3 heterocycles. The van der Waals surface area contributed by atoms with Crippen molar-refractivity contribution in [2.45, 2.75) is 70.4 Å². The molecule has 1 fully saturated rings.